The quantitative estimate of drug-likeness (QED) is 0.429. The van der Waals surface area contributed by atoms with Gasteiger partial charge in [0.2, 0.25) is 0 Å². The maximum atomic E-state index is 10.8. The van der Waals surface area contributed by atoms with Gasteiger partial charge in [-0.15, -0.1) is 0 Å². The van der Waals surface area contributed by atoms with Crippen LogP contribution in [0.15, 0.2) is 12.2 Å². The Kier molecular flexibility index (Phi) is 5.42. The van der Waals surface area contributed by atoms with Crippen molar-refractivity contribution in [1.82, 2.24) is 10.4 Å². The second-order valence-corrected chi connectivity index (χ2v) is 2.29. The molecule has 0 aromatic rings. The first-order chi connectivity index (χ1) is 5.16. The molecule has 64 valence electrons. The van der Waals surface area contributed by atoms with E-state index in [1.807, 2.05) is 0 Å². The van der Waals surface area contributed by atoms with E-state index in [2.05, 4.69) is 5.43 Å². The number of nitrogens with zero attached hydrogens (tertiary/aromatic N) is 1. The highest BCUT2D eigenvalue weighted by molar-refractivity contribution is 5.86. The lowest BCUT2D eigenvalue weighted by atomic mass is 10.4. The first-order valence-corrected chi connectivity index (χ1v) is 3.42. The van der Waals surface area contributed by atoms with Crippen LogP contribution in [0.2, 0.25) is 0 Å². The number of aliphatic hydroxyl groups is 1. The zero-order valence-corrected chi connectivity index (χ0v) is 6.87. The summed E-state index contributed by atoms with van der Waals surface area (Å²) in [4.78, 5) is 10.8. The van der Waals surface area contributed by atoms with Crippen LogP contribution in [0.1, 0.15) is 6.42 Å². The first-order valence-electron chi connectivity index (χ1n) is 3.42. The van der Waals surface area contributed by atoms with Crippen molar-refractivity contribution in [3.63, 3.8) is 0 Å². The van der Waals surface area contributed by atoms with Crippen molar-refractivity contribution in [2.75, 3.05) is 20.7 Å². The molecule has 0 saturated heterocycles. The van der Waals surface area contributed by atoms with Gasteiger partial charge in [-0.3, -0.25) is 10.2 Å². The average molecular weight is 158 g/mol. The topological polar surface area (TPSA) is 52.6 Å². The molecule has 1 amide bonds. The molecule has 11 heavy (non-hydrogen) atoms. The third-order valence-electron chi connectivity index (χ3n) is 0.899. The molecular formula is C7H14N2O2. The molecule has 0 aliphatic carbocycles. The number of hydrogen-bond donors (Lipinski definition) is 2. The summed E-state index contributed by atoms with van der Waals surface area (Å²) in [6.07, 6.45) is 3.54. The number of rotatable bonds is 4. The molecule has 0 radical (unpaired) electrons. The Bertz CT molecular complexity index is 143. The minimum absolute atomic E-state index is 0.0751. The number of hydrogen-bond acceptors (Lipinski definition) is 3. The van der Waals surface area contributed by atoms with E-state index in [1.54, 1.807) is 25.2 Å². The van der Waals surface area contributed by atoms with Gasteiger partial charge in [-0.2, -0.15) is 0 Å². The summed E-state index contributed by atoms with van der Waals surface area (Å²) in [5.41, 5.74) is 2.53. The van der Waals surface area contributed by atoms with Crippen molar-refractivity contribution in [1.29, 1.82) is 0 Å². The zero-order valence-electron chi connectivity index (χ0n) is 6.87. The van der Waals surface area contributed by atoms with Gasteiger partial charge in [-0.1, -0.05) is 6.08 Å². The molecule has 2 N–H and O–H groups in total. The Morgan fingerprint density at radius 1 is 1.64 bits per heavy atom. The molecule has 0 aromatic heterocycles. The second-order valence-electron chi connectivity index (χ2n) is 2.29. The molecule has 0 aliphatic heterocycles. The second kappa shape index (κ2) is 5.88. The van der Waals surface area contributed by atoms with Crippen LogP contribution in [-0.4, -0.2) is 36.7 Å². The van der Waals surface area contributed by atoms with E-state index in [0.717, 1.165) is 0 Å². The molecular weight excluding hydrogens is 144 g/mol. The van der Waals surface area contributed by atoms with Crippen LogP contribution in [0.5, 0.6) is 0 Å². The van der Waals surface area contributed by atoms with Crippen molar-refractivity contribution >= 4 is 5.91 Å². The fourth-order valence-corrected chi connectivity index (χ4v) is 0.523. The third kappa shape index (κ3) is 7.02. The summed E-state index contributed by atoms with van der Waals surface area (Å²) in [6, 6.07) is 0. The predicted molar refractivity (Wildman–Crippen MR) is 42.7 cm³/mol. The van der Waals surface area contributed by atoms with E-state index in [4.69, 9.17) is 5.11 Å². The smallest absolute Gasteiger partial charge is 0.257 e. The Labute approximate surface area is 66.5 Å². The summed E-state index contributed by atoms with van der Waals surface area (Å²) in [5, 5.41) is 9.93. The minimum Gasteiger partial charge on any atom is -0.396 e. The molecule has 0 bridgehead atoms. The highest BCUT2D eigenvalue weighted by atomic mass is 16.2. The largest absolute Gasteiger partial charge is 0.396 e. The molecule has 0 rings (SSSR count). The van der Waals surface area contributed by atoms with Crippen LogP contribution in [0, 0.1) is 0 Å². The van der Waals surface area contributed by atoms with Gasteiger partial charge in [-0.05, 0) is 6.42 Å². The van der Waals surface area contributed by atoms with Gasteiger partial charge in [0.05, 0.1) is 0 Å². The molecule has 4 nitrogen and oxygen atoms in total. The number of hydrazine groups is 1. The van der Waals surface area contributed by atoms with Crippen LogP contribution in [-0.2, 0) is 4.79 Å². The third-order valence-corrected chi connectivity index (χ3v) is 0.899. The van der Waals surface area contributed by atoms with Gasteiger partial charge in [0.25, 0.3) is 5.91 Å². The Morgan fingerprint density at radius 3 is 2.73 bits per heavy atom. The molecule has 0 aromatic carbocycles. The summed E-state index contributed by atoms with van der Waals surface area (Å²) >= 11 is 0. The lowest BCUT2D eigenvalue weighted by Crippen LogP contribution is -2.34. The maximum absolute atomic E-state index is 10.8. The van der Waals surface area contributed by atoms with Crippen LogP contribution < -0.4 is 5.43 Å². The lowest BCUT2D eigenvalue weighted by molar-refractivity contribution is -0.120. The number of aliphatic hydroxyl groups excluding tert-OH is 1. The van der Waals surface area contributed by atoms with Crippen molar-refractivity contribution < 1.29 is 9.90 Å². The fourth-order valence-electron chi connectivity index (χ4n) is 0.523. The van der Waals surface area contributed by atoms with E-state index >= 15 is 0 Å². The van der Waals surface area contributed by atoms with Crippen LogP contribution >= 0.6 is 0 Å². The number of nitrogens with one attached hydrogen (secondary N) is 1. The average Bonchev–Trinajstić information content (AvgIpc) is 1.86. The Morgan fingerprint density at radius 2 is 2.27 bits per heavy atom. The molecule has 0 aliphatic rings. The molecule has 0 heterocycles. The predicted octanol–water partition coefficient (Wildman–Crippen LogP) is -0.482. The highest BCUT2D eigenvalue weighted by Crippen LogP contribution is 1.80. The first kappa shape index (κ1) is 10.1. The van der Waals surface area contributed by atoms with E-state index in [0.29, 0.717) is 6.42 Å². The molecule has 0 atom stereocenters. The minimum atomic E-state index is -0.177. The summed E-state index contributed by atoms with van der Waals surface area (Å²) in [5.74, 6) is -0.177. The van der Waals surface area contributed by atoms with Gasteiger partial charge in [0.1, 0.15) is 0 Å². The van der Waals surface area contributed by atoms with Gasteiger partial charge in [-0.25, -0.2) is 5.01 Å². The van der Waals surface area contributed by atoms with E-state index < -0.39 is 0 Å². The van der Waals surface area contributed by atoms with Gasteiger partial charge in [0.15, 0.2) is 0 Å². The normalized spacial score (nSPS) is 10.9. The van der Waals surface area contributed by atoms with Gasteiger partial charge < -0.3 is 5.11 Å². The maximum Gasteiger partial charge on any atom is 0.257 e. The van der Waals surface area contributed by atoms with E-state index in [9.17, 15) is 4.79 Å². The Balaban J connectivity index is 3.51. The van der Waals surface area contributed by atoms with Crippen LogP contribution in [0.25, 0.3) is 0 Å². The Hall–Kier alpha value is -0.870. The molecule has 0 unspecified atom stereocenters. The summed E-state index contributed by atoms with van der Waals surface area (Å²) < 4.78 is 0. The fraction of sp³-hybridized carbons (Fsp3) is 0.571. The molecule has 0 fully saturated rings. The monoisotopic (exact) mass is 158 g/mol. The lowest BCUT2D eigenvalue weighted by Gasteiger charge is -2.08. The van der Waals surface area contributed by atoms with Crippen LogP contribution in [0.3, 0.4) is 0 Å². The van der Waals surface area contributed by atoms with Crippen molar-refractivity contribution in [3.8, 4) is 0 Å². The summed E-state index contributed by atoms with van der Waals surface area (Å²) in [7, 11) is 3.47. The highest BCUT2D eigenvalue weighted by Gasteiger charge is 1.93. The van der Waals surface area contributed by atoms with Crippen molar-refractivity contribution in [3.05, 3.63) is 12.2 Å². The number of amides is 1. The molecule has 0 saturated carbocycles. The van der Waals surface area contributed by atoms with Gasteiger partial charge >= 0.3 is 0 Å². The zero-order chi connectivity index (χ0) is 8.69. The number of carbonyl (C=O) groups is 1. The van der Waals surface area contributed by atoms with Crippen LogP contribution in [0.4, 0.5) is 0 Å². The van der Waals surface area contributed by atoms with Gasteiger partial charge in [0, 0.05) is 26.8 Å². The van der Waals surface area contributed by atoms with Crippen molar-refractivity contribution in [2.45, 2.75) is 6.42 Å². The number of carbonyl (C=O) groups excluding carboxylic acids is 1. The summed E-state index contributed by atoms with van der Waals surface area (Å²) in [6.45, 7) is 0.0751. The SMILES string of the molecule is CN(C)NC(=O)C=CCCO. The standard InChI is InChI=1S/C7H14N2O2/c1-9(2)8-7(11)5-3-4-6-10/h3,5,10H,4,6H2,1-2H3,(H,8,11). The van der Waals surface area contributed by atoms with Crippen molar-refractivity contribution in [2.24, 2.45) is 0 Å². The molecule has 0 spiro atoms. The molecule has 4 heteroatoms. The van der Waals surface area contributed by atoms with E-state index in [-0.39, 0.29) is 12.5 Å². The van der Waals surface area contributed by atoms with E-state index in [1.165, 1.54) is 6.08 Å².